The van der Waals surface area contributed by atoms with Crippen LogP contribution >= 0.6 is 0 Å². The lowest BCUT2D eigenvalue weighted by Gasteiger charge is -2.07. The number of nitrogen functional groups attached to an aromatic ring is 1. The summed E-state index contributed by atoms with van der Waals surface area (Å²) in [4.78, 5) is 8.19. The molecular formula is C15H12F4N6O. The van der Waals surface area contributed by atoms with Gasteiger partial charge in [-0.25, -0.2) is 14.1 Å². The van der Waals surface area contributed by atoms with Gasteiger partial charge in [0.2, 0.25) is 5.95 Å². The van der Waals surface area contributed by atoms with E-state index in [1.165, 1.54) is 24.4 Å². The monoisotopic (exact) mass is 368 g/mol. The quantitative estimate of drug-likeness (QED) is 0.703. The standard InChI is InChI=1S/C15H12F4N6O/c16-8-1-2-11-9(5-8)12-21-10(6-24(12)3-4-26-11)13-22-14(20)23-25(13)7-15(17,18)19/h1-2,5-6H,3-4,7H2,(H2,20,23). The second-order valence-corrected chi connectivity index (χ2v) is 5.70. The van der Waals surface area contributed by atoms with Gasteiger partial charge in [0, 0.05) is 6.20 Å². The summed E-state index contributed by atoms with van der Waals surface area (Å²) in [6.45, 7) is -0.649. The molecule has 136 valence electrons. The zero-order valence-electron chi connectivity index (χ0n) is 13.2. The number of nitrogens with zero attached hydrogens (tertiary/aromatic N) is 5. The first-order chi connectivity index (χ1) is 12.3. The minimum atomic E-state index is -4.49. The Balaban J connectivity index is 1.82. The first kappa shape index (κ1) is 16.4. The van der Waals surface area contributed by atoms with E-state index in [-0.39, 0.29) is 17.5 Å². The summed E-state index contributed by atoms with van der Waals surface area (Å²) in [5.74, 6) is -0.0676. The van der Waals surface area contributed by atoms with Crippen molar-refractivity contribution in [1.29, 1.82) is 0 Å². The third-order valence-corrected chi connectivity index (χ3v) is 3.80. The lowest BCUT2D eigenvalue weighted by molar-refractivity contribution is -0.142. The van der Waals surface area contributed by atoms with E-state index < -0.39 is 18.5 Å². The number of rotatable bonds is 2. The maximum Gasteiger partial charge on any atom is 0.408 e. The predicted octanol–water partition coefficient (Wildman–Crippen LogP) is 2.48. The Morgan fingerprint density at radius 3 is 2.77 bits per heavy atom. The van der Waals surface area contributed by atoms with Gasteiger partial charge in [-0.1, -0.05) is 0 Å². The van der Waals surface area contributed by atoms with E-state index in [4.69, 9.17) is 10.5 Å². The molecule has 0 radical (unpaired) electrons. The van der Waals surface area contributed by atoms with Gasteiger partial charge >= 0.3 is 6.18 Å². The number of imidazole rings is 1. The molecule has 4 rings (SSSR count). The minimum absolute atomic E-state index is 0.112. The maximum atomic E-state index is 13.6. The molecule has 0 saturated carbocycles. The van der Waals surface area contributed by atoms with Crippen molar-refractivity contribution >= 4 is 5.95 Å². The normalized spacial score (nSPS) is 13.7. The fraction of sp³-hybridized carbons (Fsp3) is 0.267. The number of halogens is 4. The van der Waals surface area contributed by atoms with Crippen LogP contribution in [0.2, 0.25) is 0 Å². The minimum Gasteiger partial charge on any atom is -0.491 e. The maximum absolute atomic E-state index is 13.6. The Hall–Kier alpha value is -3.11. The molecule has 2 aromatic heterocycles. The molecule has 0 unspecified atom stereocenters. The Morgan fingerprint density at radius 2 is 2.00 bits per heavy atom. The molecule has 3 heterocycles. The second-order valence-electron chi connectivity index (χ2n) is 5.70. The lowest BCUT2D eigenvalue weighted by Crippen LogP contribution is -2.19. The van der Waals surface area contributed by atoms with Crippen molar-refractivity contribution < 1.29 is 22.3 Å². The Labute approximate surface area is 144 Å². The third-order valence-electron chi connectivity index (χ3n) is 3.80. The SMILES string of the molecule is Nc1nc(-c2cn3c(n2)-c2cc(F)ccc2OCC3)n(CC(F)(F)F)n1. The van der Waals surface area contributed by atoms with Crippen LogP contribution in [0.1, 0.15) is 0 Å². The van der Waals surface area contributed by atoms with Crippen LogP contribution in [0.25, 0.3) is 22.9 Å². The molecule has 0 fully saturated rings. The van der Waals surface area contributed by atoms with E-state index in [2.05, 4.69) is 15.1 Å². The summed E-state index contributed by atoms with van der Waals surface area (Å²) in [5.41, 5.74) is 6.03. The largest absolute Gasteiger partial charge is 0.491 e. The summed E-state index contributed by atoms with van der Waals surface area (Å²) in [6.07, 6.45) is -2.97. The van der Waals surface area contributed by atoms with Crippen LogP contribution in [0.4, 0.5) is 23.5 Å². The molecule has 0 saturated heterocycles. The Kier molecular flexibility index (Phi) is 3.60. The van der Waals surface area contributed by atoms with Gasteiger partial charge in [-0.2, -0.15) is 18.2 Å². The summed E-state index contributed by atoms with van der Waals surface area (Å²) in [6, 6.07) is 4.01. The van der Waals surface area contributed by atoms with E-state index in [0.29, 0.717) is 35.0 Å². The Morgan fingerprint density at radius 1 is 1.19 bits per heavy atom. The van der Waals surface area contributed by atoms with Crippen molar-refractivity contribution in [2.24, 2.45) is 0 Å². The molecule has 1 aromatic carbocycles. The van der Waals surface area contributed by atoms with Gasteiger partial charge in [-0.05, 0) is 18.2 Å². The van der Waals surface area contributed by atoms with Gasteiger partial charge < -0.3 is 15.0 Å². The van der Waals surface area contributed by atoms with E-state index in [9.17, 15) is 17.6 Å². The van der Waals surface area contributed by atoms with Crippen molar-refractivity contribution in [2.45, 2.75) is 19.3 Å². The van der Waals surface area contributed by atoms with Crippen molar-refractivity contribution in [3.05, 3.63) is 30.2 Å². The van der Waals surface area contributed by atoms with Crippen molar-refractivity contribution in [3.63, 3.8) is 0 Å². The van der Waals surface area contributed by atoms with Crippen molar-refractivity contribution in [1.82, 2.24) is 24.3 Å². The van der Waals surface area contributed by atoms with Crippen LogP contribution in [0.5, 0.6) is 5.75 Å². The summed E-state index contributed by atoms with van der Waals surface area (Å²) < 4.78 is 59.8. The number of anilines is 1. The van der Waals surface area contributed by atoms with Crippen LogP contribution in [-0.2, 0) is 13.1 Å². The predicted molar refractivity (Wildman–Crippen MR) is 82.6 cm³/mol. The number of alkyl halides is 3. The van der Waals surface area contributed by atoms with Gasteiger partial charge in [-0.15, -0.1) is 5.10 Å². The molecule has 0 aliphatic carbocycles. The van der Waals surface area contributed by atoms with Gasteiger partial charge in [0.25, 0.3) is 0 Å². The highest BCUT2D eigenvalue weighted by Gasteiger charge is 2.31. The molecule has 26 heavy (non-hydrogen) atoms. The molecular weight excluding hydrogens is 356 g/mol. The average Bonchev–Trinajstić information content (AvgIpc) is 3.06. The van der Waals surface area contributed by atoms with Gasteiger partial charge in [-0.3, -0.25) is 0 Å². The highest BCUT2D eigenvalue weighted by molar-refractivity contribution is 5.68. The molecule has 2 N–H and O–H groups in total. The first-order valence-electron chi connectivity index (χ1n) is 7.57. The number of benzene rings is 1. The first-order valence-corrected chi connectivity index (χ1v) is 7.57. The van der Waals surface area contributed by atoms with E-state index in [1.54, 1.807) is 4.57 Å². The number of ether oxygens (including phenoxy) is 1. The number of hydrogen-bond acceptors (Lipinski definition) is 5. The molecule has 0 bridgehead atoms. The summed E-state index contributed by atoms with van der Waals surface area (Å²) in [7, 11) is 0. The fourth-order valence-electron chi connectivity index (χ4n) is 2.80. The van der Waals surface area contributed by atoms with Crippen molar-refractivity contribution in [3.8, 4) is 28.7 Å². The zero-order chi connectivity index (χ0) is 18.5. The van der Waals surface area contributed by atoms with Gasteiger partial charge in [0.1, 0.15) is 36.2 Å². The summed E-state index contributed by atoms with van der Waals surface area (Å²) in [5, 5.41) is 3.58. The molecule has 0 amide bonds. The molecule has 0 atom stereocenters. The van der Waals surface area contributed by atoms with E-state index in [0.717, 1.165) is 0 Å². The van der Waals surface area contributed by atoms with Crippen LogP contribution in [0, 0.1) is 5.82 Å². The fourth-order valence-corrected chi connectivity index (χ4v) is 2.80. The van der Waals surface area contributed by atoms with E-state index >= 15 is 0 Å². The van der Waals surface area contributed by atoms with Crippen LogP contribution in [0.15, 0.2) is 24.4 Å². The smallest absolute Gasteiger partial charge is 0.408 e. The van der Waals surface area contributed by atoms with E-state index in [1.807, 2.05) is 0 Å². The molecule has 11 heteroatoms. The second kappa shape index (κ2) is 5.71. The molecule has 1 aliphatic rings. The third kappa shape index (κ3) is 2.95. The van der Waals surface area contributed by atoms with Crippen LogP contribution in [-0.4, -0.2) is 37.1 Å². The molecule has 0 spiro atoms. The van der Waals surface area contributed by atoms with Gasteiger partial charge in [0.15, 0.2) is 5.82 Å². The number of hydrogen-bond donors (Lipinski definition) is 1. The number of fused-ring (bicyclic) bond motifs is 3. The molecule has 7 nitrogen and oxygen atoms in total. The molecule has 1 aliphatic heterocycles. The Bertz CT molecular complexity index is 977. The highest BCUT2D eigenvalue weighted by Crippen LogP contribution is 2.34. The van der Waals surface area contributed by atoms with Crippen molar-refractivity contribution in [2.75, 3.05) is 12.3 Å². The van der Waals surface area contributed by atoms with Gasteiger partial charge in [0.05, 0.1) is 12.1 Å². The highest BCUT2D eigenvalue weighted by atomic mass is 19.4. The lowest BCUT2D eigenvalue weighted by atomic mass is 10.2. The zero-order valence-corrected chi connectivity index (χ0v) is 13.2. The molecule has 3 aromatic rings. The summed E-state index contributed by atoms with van der Waals surface area (Å²) >= 11 is 0. The number of nitrogens with two attached hydrogens (primary N) is 1. The average molecular weight is 368 g/mol. The van der Waals surface area contributed by atoms with Crippen LogP contribution < -0.4 is 10.5 Å². The number of aromatic nitrogens is 5. The van der Waals surface area contributed by atoms with Crippen LogP contribution in [0.3, 0.4) is 0 Å². The topological polar surface area (TPSA) is 83.8 Å².